The number of ether oxygens (including phenoxy) is 1. The van der Waals surface area contributed by atoms with E-state index in [4.69, 9.17) is 4.74 Å². The first-order valence-corrected chi connectivity index (χ1v) is 4.56. The topological polar surface area (TPSA) is 81.5 Å². The Labute approximate surface area is 92.4 Å². The molecule has 0 saturated heterocycles. The van der Waals surface area contributed by atoms with E-state index >= 15 is 0 Å². The zero-order valence-corrected chi connectivity index (χ0v) is 9.23. The van der Waals surface area contributed by atoms with Crippen molar-refractivity contribution in [3.05, 3.63) is 27.8 Å². The van der Waals surface area contributed by atoms with Gasteiger partial charge in [-0.3, -0.25) is 14.9 Å². The van der Waals surface area contributed by atoms with Gasteiger partial charge < -0.3 is 10.1 Å². The van der Waals surface area contributed by atoms with Gasteiger partial charge in [0.15, 0.2) is 0 Å². The maximum absolute atomic E-state index is 10.9. The van der Waals surface area contributed by atoms with Crippen molar-refractivity contribution in [3.8, 4) is 5.75 Å². The number of nitro groups is 1. The van der Waals surface area contributed by atoms with Crippen LogP contribution < -0.4 is 10.1 Å². The minimum Gasteiger partial charge on any atom is -0.494 e. The van der Waals surface area contributed by atoms with E-state index in [0.717, 1.165) is 0 Å². The van der Waals surface area contributed by atoms with Crippen molar-refractivity contribution in [1.82, 2.24) is 0 Å². The van der Waals surface area contributed by atoms with E-state index in [-0.39, 0.29) is 17.3 Å². The van der Waals surface area contributed by atoms with Crippen LogP contribution >= 0.6 is 0 Å². The third kappa shape index (κ3) is 2.47. The molecule has 1 aromatic carbocycles. The SMILES string of the molecule is COc1cc([N+](=O)[O-])c(C)cc1NC(C)=O. The molecule has 1 amide bonds. The molecule has 0 heterocycles. The third-order valence-electron chi connectivity index (χ3n) is 2.03. The summed E-state index contributed by atoms with van der Waals surface area (Å²) in [6.45, 7) is 2.96. The van der Waals surface area contributed by atoms with Gasteiger partial charge in [0.1, 0.15) is 5.75 Å². The molecule has 0 radical (unpaired) electrons. The van der Waals surface area contributed by atoms with E-state index in [0.29, 0.717) is 11.3 Å². The van der Waals surface area contributed by atoms with Crippen molar-refractivity contribution in [2.45, 2.75) is 13.8 Å². The first-order valence-electron chi connectivity index (χ1n) is 4.56. The molecule has 86 valence electrons. The number of amides is 1. The molecule has 0 aliphatic carbocycles. The number of nitrogens with zero attached hydrogens (tertiary/aromatic N) is 1. The molecule has 6 nitrogen and oxygen atoms in total. The van der Waals surface area contributed by atoms with Gasteiger partial charge in [-0.05, 0) is 13.0 Å². The Morgan fingerprint density at radius 2 is 2.12 bits per heavy atom. The minimum atomic E-state index is -0.491. The number of aryl methyl sites for hydroxylation is 1. The quantitative estimate of drug-likeness (QED) is 0.627. The van der Waals surface area contributed by atoms with Gasteiger partial charge in [-0.15, -0.1) is 0 Å². The lowest BCUT2D eigenvalue weighted by atomic mass is 10.1. The van der Waals surface area contributed by atoms with Crippen molar-refractivity contribution < 1.29 is 14.5 Å². The molecule has 0 spiro atoms. The zero-order chi connectivity index (χ0) is 12.3. The monoisotopic (exact) mass is 224 g/mol. The van der Waals surface area contributed by atoms with Crippen LogP contribution in [0.5, 0.6) is 5.75 Å². The molecule has 0 unspecified atom stereocenters. The third-order valence-corrected chi connectivity index (χ3v) is 2.03. The highest BCUT2D eigenvalue weighted by Crippen LogP contribution is 2.32. The number of nitro benzene ring substituents is 1. The highest BCUT2D eigenvalue weighted by atomic mass is 16.6. The van der Waals surface area contributed by atoms with Crippen LogP contribution in [0.2, 0.25) is 0 Å². The van der Waals surface area contributed by atoms with Crippen molar-refractivity contribution in [1.29, 1.82) is 0 Å². The van der Waals surface area contributed by atoms with Crippen LogP contribution in [0.15, 0.2) is 12.1 Å². The number of benzene rings is 1. The van der Waals surface area contributed by atoms with Crippen LogP contribution in [-0.4, -0.2) is 17.9 Å². The minimum absolute atomic E-state index is 0.0362. The summed E-state index contributed by atoms with van der Waals surface area (Å²) in [5.74, 6) is 0.0130. The Bertz CT molecular complexity index is 443. The van der Waals surface area contributed by atoms with Gasteiger partial charge in [0.25, 0.3) is 5.69 Å². The maximum atomic E-state index is 10.9. The molecular weight excluding hydrogens is 212 g/mol. The number of nitrogens with one attached hydrogen (secondary N) is 1. The second kappa shape index (κ2) is 4.61. The van der Waals surface area contributed by atoms with E-state index in [1.165, 1.54) is 26.2 Å². The lowest BCUT2D eigenvalue weighted by Gasteiger charge is -2.09. The van der Waals surface area contributed by atoms with E-state index in [2.05, 4.69) is 5.32 Å². The van der Waals surface area contributed by atoms with E-state index in [9.17, 15) is 14.9 Å². The van der Waals surface area contributed by atoms with Gasteiger partial charge in [-0.25, -0.2) is 0 Å². The summed E-state index contributed by atoms with van der Waals surface area (Å²) in [6, 6.07) is 2.80. The summed E-state index contributed by atoms with van der Waals surface area (Å²) in [5, 5.41) is 13.2. The van der Waals surface area contributed by atoms with Gasteiger partial charge >= 0.3 is 0 Å². The zero-order valence-electron chi connectivity index (χ0n) is 9.23. The standard InChI is InChI=1S/C10H12N2O4/c1-6-4-8(11-7(2)13)10(16-3)5-9(6)12(14)15/h4-5H,1-3H3,(H,11,13). The number of hydrogen-bond acceptors (Lipinski definition) is 4. The highest BCUT2D eigenvalue weighted by Gasteiger charge is 2.16. The molecule has 16 heavy (non-hydrogen) atoms. The molecule has 1 N–H and O–H groups in total. The fourth-order valence-electron chi connectivity index (χ4n) is 1.33. The van der Waals surface area contributed by atoms with E-state index < -0.39 is 4.92 Å². The molecule has 6 heteroatoms. The van der Waals surface area contributed by atoms with Gasteiger partial charge in [0, 0.05) is 12.5 Å². The van der Waals surface area contributed by atoms with Crippen molar-refractivity contribution in [2.24, 2.45) is 0 Å². The van der Waals surface area contributed by atoms with Crippen LogP contribution in [-0.2, 0) is 4.79 Å². The predicted octanol–water partition coefficient (Wildman–Crippen LogP) is 1.87. The van der Waals surface area contributed by atoms with Gasteiger partial charge in [0.05, 0.1) is 23.8 Å². The molecule has 0 saturated carbocycles. The van der Waals surface area contributed by atoms with Crippen LogP contribution in [0.3, 0.4) is 0 Å². The lowest BCUT2D eigenvalue weighted by molar-refractivity contribution is -0.385. The molecule has 0 fully saturated rings. The summed E-state index contributed by atoms with van der Waals surface area (Å²) in [5.41, 5.74) is 0.860. The molecule has 0 aromatic heterocycles. The Hall–Kier alpha value is -2.11. The maximum Gasteiger partial charge on any atom is 0.276 e. The smallest absolute Gasteiger partial charge is 0.276 e. The molecule has 1 rings (SSSR count). The van der Waals surface area contributed by atoms with Crippen LogP contribution in [0.1, 0.15) is 12.5 Å². The Morgan fingerprint density at radius 3 is 2.56 bits per heavy atom. The Kier molecular flexibility index (Phi) is 3.44. The Morgan fingerprint density at radius 1 is 1.50 bits per heavy atom. The average Bonchev–Trinajstić information content (AvgIpc) is 2.16. The molecular formula is C10H12N2O4. The Balaban J connectivity index is 3.26. The number of rotatable bonds is 3. The van der Waals surface area contributed by atoms with Crippen LogP contribution in [0.4, 0.5) is 11.4 Å². The number of anilines is 1. The summed E-state index contributed by atoms with van der Waals surface area (Å²) in [4.78, 5) is 21.1. The molecule has 0 atom stereocenters. The fraction of sp³-hybridized carbons (Fsp3) is 0.300. The number of carbonyl (C=O) groups is 1. The number of methoxy groups -OCH3 is 1. The fourth-order valence-corrected chi connectivity index (χ4v) is 1.33. The molecule has 1 aromatic rings. The van der Waals surface area contributed by atoms with Gasteiger partial charge in [-0.1, -0.05) is 0 Å². The first-order chi connectivity index (χ1) is 7.45. The largest absolute Gasteiger partial charge is 0.494 e. The number of hydrogen-bond donors (Lipinski definition) is 1. The summed E-state index contributed by atoms with van der Waals surface area (Å²) in [7, 11) is 1.39. The second-order valence-electron chi connectivity index (χ2n) is 3.28. The summed E-state index contributed by atoms with van der Waals surface area (Å²) < 4.78 is 4.97. The highest BCUT2D eigenvalue weighted by molar-refractivity contribution is 5.91. The van der Waals surface area contributed by atoms with Crippen molar-refractivity contribution in [3.63, 3.8) is 0 Å². The average molecular weight is 224 g/mol. The predicted molar refractivity (Wildman–Crippen MR) is 58.7 cm³/mol. The molecule has 0 bridgehead atoms. The molecule has 0 aliphatic rings. The lowest BCUT2D eigenvalue weighted by Crippen LogP contribution is -2.08. The summed E-state index contributed by atoms with van der Waals surface area (Å²) in [6.07, 6.45) is 0. The first kappa shape index (κ1) is 12.0. The summed E-state index contributed by atoms with van der Waals surface area (Å²) >= 11 is 0. The molecule has 0 aliphatic heterocycles. The van der Waals surface area contributed by atoms with Crippen molar-refractivity contribution in [2.75, 3.05) is 12.4 Å². The second-order valence-corrected chi connectivity index (χ2v) is 3.28. The normalized spacial score (nSPS) is 9.69. The van der Waals surface area contributed by atoms with E-state index in [1.807, 2.05) is 0 Å². The van der Waals surface area contributed by atoms with Crippen LogP contribution in [0, 0.1) is 17.0 Å². The van der Waals surface area contributed by atoms with Gasteiger partial charge in [-0.2, -0.15) is 0 Å². The number of carbonyl (C=O) groups excluding carboxylic acids is 1. The van der Waals surface area contributed by atoms with Gasteiger partial charge in [0.2, 0.25) is 5.91 Å². The van der Waals surface area contributed by atoms with Crippen LogP contribution in [0.25, 0.3) is 0 Å². The van der Waals surface area contributed by atoms with E-state index in [1.54, 1.807) is 6.92 Å². The van der Waals surface area contributed by atoms with Crippen molar-refractivity contribution >= 4 is 17.3 Å².